The van der Waals surface area contributed by atoms with E-state index < -0.39 is 53.9 Å². The highest BCUT2D eigenvalue weighted by molar-refractivity contribution is 5.87. The van der Waals surface area contributed by atoms with Gasteiger partial charge >= 0.3 is 5.97 Å². The number of Topliss-reactive ketones (excluding diaryl/α,β-unsaturated/α-hetero) is 1. The Kier molecular flexibility index (Phi) is 12.6. The van der Waals surface area contributed by atoms with Gasteiger partial charge < -0.3 is 45.9 Å². The zero-order chi connectivity index (χ0) is 33.9. The van der Waals surface area contributed by atoms with Crippen LogP contribution in [0.3, 0.4) is 0 Å². The van der Waals surface area contributed by atoms with E-state index >= 15 is 0 Å². The van der Waals surface area contributed by atoms with Gasteiger partial charge in [-0.05, 0) is 90.5 Å². The van der Waals surface area contributed by atoms with Crippen LogP contribution in [0.4, 0.5) is 0 Å². The number of esters is 1. The number of fused-ring (bicyclic) bond motifs is 2. The van der Waals surface area contributed by atoms with E-state index in [1.54, 1.807) is 19.9 Å². The van der Waals surface area contributed by atoms with E-state index in [0.29, 0.717) is 37.2 Å². The van der Waals surface area contributed by atoms with E-state index in [2.05, 4.69) is 10.6 Å². The molecule has 268 valence electrons. The number of allylic oxidation sites excluding steroid dienone is 1. The molecule has 1 saturated carbocycles. The minimum atomic E-state index is -1.05. The molecule has 0 amide bonds. The van der Waals surface area contributed by atoms with Gasteiger partial charge in [-0.15, -0.1) is 0 Å². The molecule has 0 radical (unpaired) electrons. The van der Waals surface area contributed by atoms with Gasteiger partial charge in [0, 0.05) is 42.8 Å². The molecule has 1 aliphatic carbocycles. The Bertz CT molecular complexity index is 1100. The first-order valence-electron chi connectivity index (χ1n) is 18.2. The van der Waals surface area contributed by atoms with Crippen molar-refractivity contribution < 1.29 is 44.4 Å². The second kappa shape index (κ2) is 16.0. The summed E-state index contributed by atoms with van der Waals surface area (Å²) >= 11 is 0. The number of piperidine rings is 2. The molecule has 11 unspecified atom stereocenters. The molecule has 0 aromatic heterocycles. The third kappa shape index (κ3) is 8.13. The van der Waals surface area contributed by atoms with Crippen LogP contribution in [0.15, 0.2) is 11.6 Å². The van der Waals surface area contributed by atoms with Crippen molar-refractivity contribution in [3.8, 4) is 0 Å². The van der Waals surface area contributed by atoms with Crippen molar-refractivity contribution in [1.82, 2.24) is 5.32 Å². The summed E-state index contributed by atoms with van der Waals surface area (Å²) in [4.78, 5) is 27.0. The highest BCUT2D eigenvalue weighted by Crippen LogP contribution is 2.54. The van der Waals surface area contributed by atoms with Crippen LogP contribution < -0.4 is 22.1 Å². The minimum absolute atomic E-state index is 0.00362. The third-order valence-corrected chi connectivity index (χ3v) is 12.3. The van der Waals surface area contributed by atoms with E-state index in [0.717, 1.165) is 45.2 Å². The van der Waals surface area contributed by atoms with Gasteiger partial charge in [0.25, 0.3) is 0 Å². The van der Waals surface area contributed by atoms with Gasteiger partial charge in [-0.1, -0.05) is 6.08 Å². The summed E-state index contributed by atoms with van der Waals surface area (Å²) in [7, 11) is 0. The standard InChI is InChI=1S/C35H60N4O8/c1-4-19(2)34(44)46-26-16-24-31(43)30-25(42)15-22(18-41)45-33(30)29(23(6-5-13-40)21-10-12-38-28(37)14-21)32(24)47-35(26,3)11-9-20-7-8-27(36)39-17-20/h4,20-24,26-33,38-41,43H,5-18,36-37H2,1-3H3/p+1/t20?,21?,22?,23-,24?,26+,27?,28?,29?,30?,31?,32?,33?,35+/m1/s1. The van der Waals surface area contributed by atoms with E-state index in [9.17, 15) is 24.9 Å². The van der Waals surface area contributed by atoms with Crippen LogP contribution in [0, 0.1) is 35.5 Å². The van der Waals surface area contributed by atoms with Gasteiger partial charge in [0.05, 0.1) is 49.7 Å². The molecular formula is C35H61N4O8+. The van der Waals surface area contributed by atoms with Crippen LogP contribution in [0.25, 0.3) is 0 Å². The first kappa shape index (κ1) is 36.8. The van der Waals surface area contributed by atoms with Crippen LogP contribution in [0.1, 0.15) is 85.0 Å². The smallest absolute Gasteiger partial charge is 0.333 e. The zero-order valence-electron chi connectivity index (χ0n) is 28.6. The Morgan fingerprint density at radius 3 is 2.66 bits per heavy atom. The van der Waals surface area contributed by atoms with Crippen molar-refractivity contribution >= 4 is 11.8 Å². The van der Waals surface area contributed by atoms with Crippen LogP contribution in [0.2, 0.25) is 0 Å². The predicted octanol–water partition coefficient (Wildman–Crippen LogP) is 0.0655. The van der Waals surface area contributed by atoms with Crippen molar-refractivity contribution in [3.05, 3.63) is 11.6 Å². The van der Waals surface area contributed by atoms with Crippen molar-refractivity contribution in [2.24, 2.45) is 47.0 Å². The Balaban J connectivity index is 1.53. The number of aliphatic hydroxyl groups is 3. The summed E-state index contributed by atoms with van der Waals surface area (Å²) in [5, 5.41) is 37.7. The minimum Gasteiger partial charge on any atom is -0.456 e. The number of carbonyl (C=O) groups is 2. The second-order valence-corrected chi connectivity index (χ2v) is 15.3. The summed E-state index contributed by atoms with van der Waals surface area (Å²) in [5.74, 6) is -1.41. The van der Waals surface area contributed by atoms with Crippen molar-refractivity contribution in [2.45, 2.75) is 133 Å². The van der Waals surface area contributed by atoms with Gasteiger partial charge in [0.1, 0.15) is 23.7 Å². The summed E-state index contributed by atoms with van der Waals surface area (Å²) in [5.41, 5.74) is 12.2. The molecule has 4 saturated heterocycles. The fourth-order valence-electron chi connectivity index (χ4n) is 9.42. The highest BCUT2D eigenvalue weighted by atomic mass is 16.6. The van der Waals surface area contributed by atoms with Crippen molar-refractivity contribution in [3.63, 3.8) is 0 Å². The molecule has 5 rings (SSSR count). The van der Waals surface area contributed by atoms with E-state index in [4.69, 9.17) is 25.7 Å². The van der Waals surface area contributed by atoms with Crippen LogP contribution in [-0.2, 0) is 23.8 Å². The zero-order valence-corrected chi connectivity index (χ0v) is 28.6. The Labute approximate surface area is 279 Å². The average molecular weight is 666 g/mol. The molecule has 5 fully saturated rings. The van der Waals surface area contributed by atoms with E-state index in [-0.39, 0.29) is 55.5 Å². The lowest BCUT2D eigenvalue weighted by molar-refractivity contribution is -0.703. The van der Waals surface area contributed by atoms with Crippen LogP contribution in [0.5, 0.6) is 0 Å². The number of hydrogen-bond acceptors (Lipinski definition) is 11. The van der Waals surface area contributed by atoms with Crippen LogP contribution in [-0.4, -0.2) is 102 Å². The van der Waals surface area contributed by atoms with Crippen molar-refractivity contribution in [1.29, 1.82) is 0 Å². The Morgan fingerprint density at radius 1 is 1.21 bits per heavy atom. The number of nitrogens with one attached hydrogen (secondary N) is 1. The summed E-state index contributed by atoms with van der Waals surface area (Å²) in [6, 6.07) is 0. The third-order valence-electron chi connectivity index (χ3n) is 12.3. The molecule has 12 nitrogen and oxygen atoms in total. The van der Waals surface area contributed by atoms with E-state index in [1.807, 2.05) is 6.92 Å². The first-order valence-corrected chi connectivity index (χ1v) is 18.2. The van der Waals surface area contributed by atoms with Crippen molar-refractivity contribution in [2.75, 3.05) is 26.3 Å². The molecule has 0 aromatic carbocycles. The monoisotopic (exact) mass is 665 g/mol. The number of rotatable bonds is 11. The maximum atomic E-state index is 13.7. The van der Waals surface area contributed by atoms with Gasteiger partial charge in [-0.25, -0.2) is 4.79 Å². The second-order valence-electron chi connectivity index (χ2n) is 15.3. The van der Waals surface area contributed by atoms with Crippen LogP contribution >= 0.6 is 0 Å². The van der Waals surface area contributed by atoms with Gasteiger partial charge in [-0.3, -0.25) is 10.5 Å². The topological polar surface area (TPSA) is 203 Å². The summed E-state index contributed by atoms with van der Waals surface area (Å²) in [6.45, 7) is 7.02. The molecule has 5 aliphatic rings. The Hall–Kier alpha value is -1.48. The maximum absolute atomic E-state index is 13.7. The predicted molar refractivity (Wildman–Crippen MR) is 174 cm³/mol. The maximum Gasteiger partial charge on any atom is 0.333 e. The lowest BCUT2D eigenvalue weighted by atomic mass is 9.57. The molecule has 12 heteroatoms. The molecule has 14 atom stereocenters. The Morgan fingerprint density at radius 2 is 2.00 bits per heavy atom. The molecule has 0 bridgehead atoms. The lowest BCUT2D eigenvalue weighted by Gasteiger charge is -2.60. The number of nitrogens with two attached hydrogens (primary N) is 3. The molecule has 0 aromatic rings. The number of ether oxygens (including phenoxy) is 3. The molecule has 4 aliphatic heterocycles. The number of quaternary nitrogens is 1. The number of hydrogen-bond donors (Lipinski definition) is 7. The fraction of sp³-hybridized carbons (Fsp3) is 0.886. The molecule has 4 heterocycles. The fourth-order valence-corrected chi connectivity index (χ4v) is 9.42. The molecular weight excluding hydrogens is 604 g/mol. The highest BCUT2D eigenvalue weighted by Gasteiger charge is 2.63. The molecule has 47 heavy (non-hydrogen) atoms. The summed E-state index contributed by atoms with van der Waals surface area (Å²) in [6.07, 6.45) is 5.05. The molecule has 10 N–H and O–H groups in total. The quantitative estimate of drug-likeness (QED) is 0.116. The van der Waals surface area contributed by atoms with Gasteiger partial charge in [-0.2, -0.15) is 0 Å². The molecule has 0 spiro atoms. The van der Waals surface area contributed by atoms with E-state index in [1.165, 1.54) is 0 Å². The SMILES string of the molecule is CC=C(C)C(=O)O[C@H]1CC2C(O)C3C(=O)CC(CO)OC3C([C@H](CCCO)C3CCNC(N)C3)C2O[C@@]1(C)CCC1CCC(N)[NH2+]C1. The average Bonchev–Trinajstić information content (AvgIpc) is 3.05. The number of aliphatic hydroxyl groups excluding tert-OH is 3. The van der Waals surface area contributed by atoms with Gasteiger partial charge in [0.2, 0.25) is 0 Å². The van der Waals surface area contributed by atoms with Gasteiger partial charge in [0.15, 0.2) is 0 Å². The number of ketones is 1. The summed E-state index contributed by atoms with van der Waals surface area (Å²) < 4.78 is 20.1. The number of carbonyl (C=O) groups excluding carboxylic acids is 2. The first-order chi connectivity index (χ1) is 22.5. The lowest BCUT2D eigenvalue weighted by Crippen LogP contribution is -2.95. The largest absolute Gasteiger partial charge is 0.456 e. The normalized spacial score (nSPS) is 43.5.